The number of rotatable bonds is 8. The molecule has 0 spiro atoms. The average molecular weight is 556 g/mol. The Balaban J connectivity index is 1.31. The molecule has 0 bridgehead atoms. The molecule has 3 aromatic rings. The summed E-state index contributed by atoms with van der Waals surface area (Å²) in [5.41, 5.74) is 3.00. The van der Waals surface area contributed by atoms with Gasteiger partial charge in [-0.25, -0.2) is 9.37 Å². The Bertz CT molecular complexity index is 1280. The number of hydrogen-bond donors (Lipinski definition) is 2. The van der Waals surface area contributed by atoms with Crippen LogP contribution in [0.2, 0.25) is 5.02 Å². The highest BCUT2D eigenvalue weighted by molar-refractivity contribution is 7.99. The van der Waals surface area contributed by atoms with Crippen LogP contribution >= 0.6 is 23.4 Å². The quantitative estimate of drug-likeness (QED) is 0.391. The fourth-order valence-corrected chi connectivity index (χ4v) is 6.08. The number of amides is 1. The Morgan fingerprint density at radius 1 is 1.16 bits per heavy atom. The molecule has 2 aliphatic heterocycles. The molecule has 38 heavy (non-hydrogen) atoms. The summed E-state index contributed by atoms with van der Waals surface area (Å²) < 4.78 is 14.6. The first kappa shape index (κ1) is 26.8. The highest BCUT2D eigenvalue weighted by Crippen LogP contribution is 2.43. The number of halogens is 2. The van der Waals surface area contributed by atoms with Gasteiger partial charge in [-0.3, -0.25) is 4.79 Å². The van der Waals surface area contributed by atoms with Crippen LogP contribution in [0, 0.1) is 5.82 Å². The molecule has 0 saturated carbocycles. The Morgan fingerprint density at radius 3 is 2.79 bits per heavy atom. The van der Waals surface area contributed by atoms with Gasteiger partial charge in [0, 0.05) is 67.7 Å². The third kappa shape index (κ3) is 6.79. The Kier molecular flexibility index (Phi) is 8.73. The molecule has 2 N–H and O–H groups in total. The number of likely N-dealkylation sites (N-methyl/N-ethyl adjacent to an activating group) is 1. The van der Waals surface area contributed by atoms with E-state index in [2.05, 4.69) is 42.7 Å². The molecule has 2 aliphatic rings. The molecule has 2 aromatic heterocycles. The van der Waals surface area contributed by atoms with E-state index >= 15 is 0 Å². The number of piperazine rings is 1. The van der Waals surface area contributed by atoms with E-state index in [9.17, 15) is 9.18 Å². The standard InChI is InChI=1S/C27H31ClFN7OS/c1-35-10-12-36(13-11-35)9-7-26(37)32-25-16-19(6-8-30-25)31-23-17-22(20-15-18(28)4-5-21(20)29)33-34-27(23)24-3-2-14-38-24/h4-6,8,15-17,24H,2-3,7,9-14H2,1H3,(H2,30,31,32,33,37). The van der Waals surface area contributed by atoms with Crippen molar-refractivity contribution >= 4 is 46.5 Å². The highest BCUT2D eigenvalue weighted by atomic mass is 35.5. The molecule has 1 aromatic carbocycles. The summed E-state index contributed by atoms with van der Waals surface area (Å²) in [6.07, 6.45) is 4.17. The van der Waals surface area contributed by atoms with Gasteiger partial charge in [0.05, 0.1) is 22.3 Å². The Labute approximate surface area is 231 Å². The zero-order valence-corrected chi connectivity index (χ0v) is 22.9. The van der Waals surface area contributed by atoms with E-state index in [4.69, 9.17) is 11.6 Å². The fourth-order valence-electron chi connectivity index (χ4n) is 4.63. The monoisotopic (exact) mass is 555 g/mol. The Morgan fingerprint density at radius 2 is 2.00 bits per heavy atom. The van der Waals surface area contributed by atoms with Crippen LogP contribution in [-0.4, -0.2) is 76.4 Å². The number of nitrogens with zero attached hydrogens (tertiary/aromatic N) is 5. The maximum atomic E-state index is 14.6. The molecule has 2 fully saturated rings. The second-order valence-electron chi connectivity index (χ2n) is 9.65. The average Bonchev–Trinajstić information content (AvgIpc) is 3.45. The minimum Gasteiger partial charge on any atom is -0.354 e. The molecule has 4 heterocycles. The van der Waals surface area contributed by atoms with E-state index in [0.717, 1.165) is 68.4 Å². The normalized spacial score (nSPS) is 18.4. The molecule has 2 saturated heterocycles. The highest BCUT2D eigenvalue weighted by Gasteiger charge is 2.24. The van der Waals surface area contributed by atoms with E-state index in [0.29, 0.717) is 28.5 Å². The van der Waals surface area contributed by atoms with Crippen LogP contribution in [0.15, 0.2) is 42.6 Å². The minimum absolute atomic E-state index is 0.0686. The lowest BCUT2D eigenvalue weighted by atomic mass is 10.1. The zero-order valence-electron chi connectivity index (χ0n) is 21.3. The van der Waals surface area contributed by atoms with Gasteiger partial charge in [-0.05, 0) is 56.0 Å². The number of pyridine rings is 1. The van der Waals surface area contributed by atoms with Crippen LogP contribution in [0.5, 0.6) is 0 Å². The van der Waals surface area contributed by atoms with Gasteiger partial charge in [0.15, 0.2) is 0 Å². The van der Waals surface area contributed by atoms with Crippen molar-refractivity contribution in [3.63, 3.8) is 0 Å². The van der Waals surface area contributed by atoms with Crippen molar-refractivity contribution in [1.29, 1.82) is 0 Å². The molecule has 0 radical (unpaired) electrons. The number of carbonyl (C=O) groups excluding carboxylic acids is 1. The van der Waals surface area contributed by atoms with E-state index in [1.807, 2.05) is 23.9 Å². The maximum absolute atomic E-state index is 14.6. The predicted octanol–water partition coefficient (Wildman–Crippen LogP) is 5.22. The lowest BCUT2D eigenvalue weighted by Gasteiger charge is -2.32. The molecular formula is C27H31ClFN7OS. The van der Waals surface area contributed by atoms with Crippen LogP contribution in [0.25, 0.3) is 11.3 Å². The number of aromatic nitrogens is 3. The van der Waals surface area contributed by atoms with Crippen molar-refractivity contribution in [3.8, 4) is 11.3 Å². The van der Waals surface area contributed by atoms with Crippen LogP contribution < -0.4 is 10.6 Å². The van der Waals surface area contributed by atoms with Crippen LogP contribution in [-0.2, 0) is 4.79 Å². The molecule has 1 unspecified atom stereocenters. The van der Waals surface area contributed by atoms with Crippen molar-refractivity contribution in [2.24, 2.45) is 0 Å². The van der Waals surface area contributed by atoms with E-state index in [1.165, 1.54) is 12.1 Å². The number of hydrogen-bond acceptors (Lipinski definition) is 8. The van der Waals surface area contributed by atoms with Crippen LogP contribution in [0.1, 0.15) is 30.2 Å². The third-order valence-electron chi connectivity index (χ3n) is 6.82. The van der Waals surface area contributed by atoms with Crippen LogP contribution in [0.3, 0.4) is 0 Å². The summed E-state index contributed by atoms with van der Waals surface area (Å²) >= 11 is 7.97. The number of benzene rings is 1. The van der Waals surface area contributed by atoms with Gasteiger partial charge in [0.2, 0.25) is 5.91 Å². The molecule has 0 aliphatic carbocycles. The summed E-state index contributed by atoms with van der Waals surface area (Å²) in [5.74, 6) is 1.05. The van der Waals surface area contributed by atoms with Gasteiger partial charge < -0.3 is 20.4 Å². The summed E-state index contributed by atoms with van der Waals surface area (Å²) in [5, 5.41) is 15.8. The fraction of sp³-hybridized carbons (Fsp3) is 0.407. The van der Waals surface area contributed by atoms with Crippen LogP contribution in [0.4, 0.5) is 21.6 Å². The van der Waals surface area contributed by atoms with Gasteiger partial charge in [-0.2, -0.15) is 16.9 Å². The second-order valence-corrected chi connectivity index (χ2v) is 11.4. The summed E-state index contributed by atoms with van der Waals surface area (Å²) in [7, 11) is 2.12. The molecule has 1 amide bonds. The molecule has 200 valence electrons. The van der Waals surface area contributed by atoms with E-state index < -0.39 is 5.82 Å². The van der Waals surface area contributed by atoms with Gasteiger partial charge >= 0.3 is 0 Å². The van der Waals surface area contributed by atoms with Gasteiger partial charge in [-0.1, -0.05) is 11.6 Å². The third-order valence-corrected chi connectivity index (χ3v) is 8.44. The predicted molar refractivity (Wildman–Crippen MR) is 152 cm³/mol. The van der Waals surface area contributed by atoms with E-state index in [-0.39, 0.29) is 11.2 Å². The number of anilines is 3. The number of nitrogens with one attached hydrogen (secondary N) is 2. The lowest BCUT2D eigenvalue weighted by Crippen LogP contribution is -2.45. The zero-order chi connectivity index (χ0) is 26.5. The van der Waals surface area contributed by atoms with Gasteiger partial charge in [0.1, 0.15) is 11.6 Å². The summed E-state index contributed by atoms with van der Waals surface area (Å²) in [6, 6.07) is 9.82. The topological polar surface area (TPSA) is 86.3 Å². The summed E-state index contributed by atoms with van der Waals surface area (Å²) in [4.78, 5) is 21.5. The lowest BCUT2D eigenvalue weighted by molar-refractivity contribution is -0.116. The molecule has 1 atom stereocenters. The van der Waals surface area contributed by atoms with E-state index in [1.54, 1.807) is 18.3 Å². The first-order chi connectivity index (χ1) is 18.4. The number of carbonyl (C=O) groups is 1. The Hall–Kier alpha value is -2.79. The largest absolute Gasteiger partial charge is 0.354 e. The maximum Gasteiger partial charge on any atom is 0.226 e. The smallest absolute Gasteiger partial charge is 0.226 e. The number of thioether (sulfide) groups is 1. The van der Waals surface area contributed by atoms with Crippen molar-refractivity contribution < 1.29 is 9.18 Å². The molecule has 11 heteroatoms. The van der Waals surface area contributed by atoms with Gasteiger partial charge in [-0.15, -0.1) is 5.10 Å². The second kappa shape index (κ2) is 12.4. The molecule has 8 nitrogen and oxygen atoms in total. The minimum atomic E-state index is -0.414. The van der Waals surface area contributed by atoms with Crippen molar-refractivity contribution in [2.45, 2.75) is 24.5 Å². The van der Waals surface area contributed by atoms with Crippen molar-refractivity contribution in [1.82, 2.24) is 25.0 Å². The first-order valence-electron chi connectivity index (χ1n) is 12.8. The summed E-state index contributed by atoms with van der Waals surface area (Å²) in [6.45, 7) is 4.72. The SMILES string of the molecule is CN1CCN(CCC(=O)Nc2cc(Nc3cc(-c4cc(Cl)ccc4F)nnc3C3CCCS3)ccn2)CC1. The first-order valence-corrected chi connectivity index (χ1v) is 14.3. The molecular weight excluding hydrogens is 525 g/mol. The van der Waals surface area contributed by atoms with Crippen molar-refractivity contribution in [3.05, 3.63) is 59.1 Å². The molecule has 5 rings (SSSR count). The van der Waals surface area contributed by atoms with Crippen molar-refractivity contribution in [2.75, 3.05) is 56.2 Å². The van der Waals surface area contributed by atoms with Gasteiger partial charge in [0.25, 0.3) is 0 Å².